The first kappa shape index (κ1) is 15.2. The van der Waals surface area contributed by atoms with Gasteiger partial charge in [0, 0.05) is 19.2 Å². The van der Waals surface area contributed by atoms with E-state index in [-0.39, 0.29) is 11.6 Å². The highest BCUT2D eigenvalue weighted by Gasteiger charge is 2.24. The third-order valence-corrected chi connectivity index (χ3v) is 3.41. The van der Waals surface area contributed by atoms with Gasteiger partial charge in [0.05, 0.1) is 18.1 Å². The largest absolute Gasteiger partial charge is 0.378 e. The van der Waals surface area contributed by atoms with Crippen LogP contribution < -0.4 is 5.32 Å². The second-order valence-electron chi connectivity index (χ2n) is 5.08. The zero-order valence-corrected chi connectivity index (χ0v) is 12.2. The van der Waals surface area contributed by atoms with Gasteiger partial charge in [0.15, 0.2) is 0 Å². The van der Waals surface area contributed by atoms with E-state index < -0.39 is 11.0 Å². The van der Waals surface area contributed by atoms with Crippen molar-refractivity contribution in [3.05, 3.63) is 33.9 Å². The molecule has 0 bridgehead atoms. The second kappa shape index (κ2) is 6.53. The highest BCUT2D eigenvalue weighted by Crippen LogP contribution is 2.26. The van der Waals surface area contributed by atoms with Gasteiger partial charge in [-0.15, -0.1) is 0 Å². The van der Waals surface area contributed by atoms with Gasteiger partial charge < -0.3 is 15.0 Å². The number of carbonyl (C=O) groups excluding carboxylic acids is 1. The molecule has 21 heavy (non-hydrogen) atoms. The number of morpholine rings is 1. The molecule has 1 aliphatic heterocycles. The predicted octanol–water partition coefficient (Wildman–Crippen LogP) is 1.56. The minimum Gasteiger partial charge on any atom is -0.378 e. The fourth-order valence-corrected chi connectivity index (χ4v) is 2.28. The van der Waals surface area contributed by atoms with Crippen LogP contribution in [-0.4, -0.2) is 48.1 Å². The summed E-state index contributed by atoms with van der Waals surface area (Å²) >= 11 is 0. The molecule has 0 aliphatic carbocycles. The summed E-state index contributed by atoms with van der Waals surface area (Å²) < 4.78 is 5.21. The molecular weight excluding hydrogens is 274 g/mol. The van der Waals surface area contributed by atoms with Gasteiger partial charge in [-0.3, -0.25) is 14.9 Å². The van der Waals surface area contributed by atoms with E-state index in [9.17, 15) is 14.9 Å². The summed E-state index contributed by atoms with van der Waals surface area (Å²) in [5.74, 6) is -0.0749. The SMILES string of the molecule is Cc1ccc([N+](=O)[O-])c(NC(C)C(=O)N2CCOCC2)c1. The quantitative estimate of drug-likeness (QED) is 0.672. The number of rotatable bonds is 4. The van der Waals surface area contributed by atoms with Crippen LogP contribution in [0.4, 0.5) is 11.4 Å². The lowest BCUT2D eigenvalue weighted by atomic mass is 10.1. The van der Waals surface area contributed by atoms with Gasteiger partial charge in [-0.2, -0.15) is 0 Å². The average Bonchev–Trinajstić information content (AvgIpc) is 2.47. The second-order valence-corrected chi connectivity index (χ2v) is 5.08. The molecule has 0 spiro atoms. The van der Waals surface area contributed by atoms with E-state index >= 15 is 0 Å². The zero-order valence-electron chi connectivity index (χ0n) is 12.2. The van der Waals surface area contributed by atoms with Crippen LogP contribution in [0.2, 0.25) is 0 Å². The monoisotopic (exact) mass is 293 g/mol. The molecule has 1 saturated heterocycles. The van der Waals surface area contributed by atoms with Crippen LogP contribution in [0.15, 0.2) is 18.2 Å². The summed E-state index contributed by atoms with van der Waals surface area (Å²) in [5.41, 5.74) is 1.24. The van der Waals surface area contributed by atoms with Gasteiger partial charge in [0.1, 0.15) is 11.7 Å². The summed E-state index contributed by atoms with van der Waals surface area (Å²) in [6.07, 6.45) is 0. The van der Waals surface area contributed by atoms with Crippen molar-refractivity contribution < 1.29 is 14.5 Å². The maximum Gasteiger partial charge on any atom is 0.292 e. The first-order valence-electron chi connectivity index (χ1n) is 6.87. The van der Waals surface area contributed by atoms with E-state index in [1.54, 1.807) is 24.0 Å². The number of nitro groups is 1. The molecule has 1 aliphatic rings. The summed E-state index contributed by atoms with van der Waals surface area (Å²) in [7, 11) is 0. The van der Waals surface area contributed by atoms with Gasteiger partial charge in [-0.05, 0) is 25.5 Å². The third kappa shape index (κ3) is 3.69. The van der Waals surface area contributed by atoms with E-state index in [2.05, 4.69) is 5.32 Å². The Balaban J connectivity index is 2.11. The number of nitrogens with zero attached hydrogens (tertiary/aromatic N) is 2. The Morgan fingerprint density at radius 2 is 2.10 bits per heavy atom. The van der Waals surface area contributed by atoms with Gasteiger partial charge in [0.25, 0.3) is 5.69 Å². The first-order valence-corrected chi connectivity index (χ1v) is 6.87. The summed E-state index contributed by atoms with van der Waals surface area (Å²) in [4.78, 5) is 24.6. The van der Waals surface area contributed by atoms with E-state index in [1.807, 2.05) is 6.92 Å². The van der Waals surface area contributed by atoms with Crippen molar-refractivity contribution in [2.45, 2.75) is 19.9 Å². The minimum atomic E-state index is -0.524. The molecule has 1 aromatic rings. The standard InChI is InChI=1S/C14H19N3O4/c1-10-3-4-13(17(19)20)12(9-10)15-11(2)14(18)16-5-7-21-8-6-16/h3-4,9,11,15H,5-8H2,1-2H3. The smallest absolute Gasteiger partial charge is 0.292 e. The number of hydrogen-bond donors (Lipinski definition) is 1. The Labute approximate surface area is 123 Å². The van der Waals surface area contributed by atoms with Crippen LogP contribution in [0.25, 0.3) is 0 Å². The molecule has 1 amide bonds. The number of ether oxygens (including phenoxy) is 1. The summed E-state index contributed by atoms with van der Waals surface area (Å²) in [6.45, 7) is 5.74. The first-order chi connectivity index (χ1) is 9.99. The van der Waals surface area contributed by atoms with Crippen molar-refractivity contribution in [2.75, 3.05) is 31.6 Å². The van der Waals surface area contributed by atoms with Gasteiger partial charge in [0.2, 0.25) is 5.91 Å². The Kier molecular flexibility index (Phi) is 4.74. The van der Waals surface area contributed by atoms with Gasteiger partial charge in [-0.1, -0.05) is 6.07 Å². The minimum absolute atomic E-state index is 0.0257. The molecule has 0 saturated carbocycles. The molecule has 114 valence electrons. The van der Waals surface area contributed by atoms with E-state index in [4.69, 9.17) is 4.74 Å². The van der Waals surface area contributed by atoms with Crippen LogP contribution in [0, 0.1) is 17.0 Å². The number of hydrogen-bond acceptors (Lipinski definition) is 5. The molecule has 1 aromatic carbocycles. The Morgan fingerprint density at radius 1 is 1.43 bits per heavy atom. The molecule has 7 heteroatoms. The highest BCUT2D eigenvalue weighted by atomic mass is 16.6. The zero-order chi connectivity index (χ0) is 15.4. The van der Waals surface area contributed by atoms with Crippen LogP contribution >= 0.6 is 0 Å². The summed E-state index contributed by atoms with van der Waals surface area (Å²) in [5, 5.41) is 14.0. The van der Waals surface area contributed by atoms with E-state index in [0.29, 0.717) is 32.0 Å². The lowest BCUT2D eigenvalue weighted by molar-refractivity contribution is -0.384. The molecule has 1 N–H and O–H groups in total. The van der Waals surface area contributed by atoms with E-state index in [0.717, 1.165) is 5.56 Å². The Bertz CT molecular complexity index is 541. The molecule has 1 atom stereocenters. The van der Waals surface area contributed by atoms with Crippen molar-refractivity contribution in [1.82, 2.24) is 4.90 Å². The molecule has 0 aromatic heterocycles. The van der Waals surface area contributed by atoms with Crippen LogP contribution in [-0.2, 0) is 9.53 Å². The number of carbonyl (C=O) groups is 1. The molecular formula is C14H19N3O4. The lowest BCUT2D eigenvalue weighted by Crippen LogP contribution is -2.47. The van der Waals surface area contributed by atoms with Crippen molar-refractivity contribution in [1.29, 1.82) is 0 Å². The third-order valence-electron chi connectivity index (χ3n) is 3.41. The topological polar surface area (TPSA) is 84.7 Å². The highest BCUT2D eigenvalue weighted by molar-refractivity contribution is 5.85. The van der Waals surface area contributed by atoms with Crippen molar-refractivity contribution in [3.63, 3.8) is 0 Å². The van der Waals surface area contributed by atoms with Crippen LogP contribution in [0.3, 0.4) is 0 Å². The molecule has 0 radical (unpaired) electrons. The number of anilines is 1. The average molecular weight is 293 g/mol. The van der Waals surface area contributed by atoms with Gasteiger partial charge >= 0.3 is 0 Å². The normalized spacial score (nSPS) is 16.4. The molecule has 1 unspecified atom stereocenters. The number of aryl methyl sites for hydroxylation is 1. The van der Waals surface area contributed by atoms with Crippen LogP contribution in [0.5, 0.6) is 0 Å². The molecule has 1 heterocycles. The predicted molar refractivity (Wildman–Crippen MR) is 78.3 cm³/mol. The number of nitrogens with one attached hydrogen (secondary N) is 1. The maximum atomic E-state index is 12.3. The number of nitro benzene ring substituents is 1. The van der Waals surface area contributed by atoms with Crippen LogP contribution in [0.1, 0.15) is 12.5 Å². The van der Waals surface area contributed by atoms with Gasteiger partial charge in [-0.25, -0.2) is 0 Å². The van der Waals surface area contributed by atoms with E-state index in [1.165, 1.54) is 6.07 Å². The van der Waals surface area contributed by atoms with Crippen molar-refractivity contribution in [3.8, 4) is 0 Å². The summed E-state index contributed by atoms with van der Waals surface area (Å²) in [6, 6.07) is 4.28. The molecule has 1 fully saturated rings. The number of amides is 1. The molecule has 2 rings (SSSR count). The Hall–Kier alpha value is -2.15. The number of benzene rings is 1. The Morgan fingerprint density at radius 3 is 2.71 bits per heavy atom. The fourth-order valence-electron chi connectivity index (χ4n) is 2.28. The lowest BCUT2D eigenvalue weighted by Gasteiger charge is -2.29. The van der Waals surface area contributed by atoms with Crippen molar-refractivity contribution in [2.24, 2.45) is 0 Å². The fraction of sp³-hybridized carbons (Fsp3) is 0.500. The molecule has 7 nitrogen and oxygen atoms in total. The maximum absolute atomic E-state index is 12.3. The van der Waals surface area contributed by atoms with Crippen molar-refractivity contribution >= 4 is 17.3 Å².